The van der Waals surface area contributed by atoms with Gasteiger partial charge in [-0.2, -0.15) is 0 Å². The van der Waals surface area contributed by atoms with Crippen LogP contribution in [0.4, 0.5) is 8.78 Å². The summed E-state index contributed by atoms with van der Waals surface area (Å²) in [5, 5.41) is 2.80. The van der Waals surface area contributed by atoms with Crippen LogP contribution in [0.2, 0.25) is 0 Å². The first-order chi connectivity index (χ1) is 10.4. The van der Waals surface area contributed by atoms with Gasteiger partial charge in [-0.1, -0.05) is 39.3 Å². The first kappa shape index (κ1) is 16.9. The van der Waals surface area contributed by atoms with Crippen LogP contribution in [-0.4, -0.2) is 5.91 Å². The van der Waals surface area contributed by atoms with Crippen molar-refractivity contribution in [1.82, 2.24) is 5.32 Å². The second-order valence-corrected chi connectivity index (χ2v) is 6.86. The van der Waals surface area contributed by atoms with Crippen LogP contribution in [0.3, 0.4) is 0 Å². The van der Waals surface area contributed by atoms with Gasteiger partial charge in [-0.05, 0) is 36.7 Å². The Balaban J connectivity index is 2.02. The highest BCUT2D eigenvalue weighted by Crippen LogP contribution is 2.38. The molecule has 0 heterocycles. The van der Waals surface area contributed by atoms with Crippen molar-refractivity contribution in [1.29, 1.82) is 0 Å². The Morgan fingerprint density at radius 3 is 2.73 bits per heavy atom. The summed E-state index contributed by atoms with van der Waals surface area (Å²) < 4.78 is 26.8. The first-order valence-electron chi connectivity index (χ1n) is 8.10. The number of carbonyl (C=O) groups is 1. The van der Waals surface area contributed by atoms with E-state index >= 15 is 0 Å². The molecule has 3 atom stereocenters. The molecule has 1 N–H and O–H groups in total. The normalized spacial score (nSPS) is 25.3. The summed E-state index contributed by atoms with van der Waals surface area (Å²) in [5.41, 5.74) is 0.193. The van der Waals surface area contributed by atoms with Crippen molar-refractivity contribution in [2.24, 2.45) is 23.7 Å². The van der Waals surface area contributed by atoms with Crippen LogP contribution >= 0.6 is 0 Å². The lowest BCUT2D eigenvalue weighted by atomic mass is 9.70. The number of hydrogen-bond donors (Lipinski definition) is 1. The van der Waals surface area contributed by atoms with Gasteiger partial charge in [-0.25, -0.2) is 8.78 Å². The molecule has 1 amide bonds. The minimum atomic E-state index is -0.877. The number of rotatable bonds is 4. The zero-order valence-corrected chi connectivity index (χ0v) is 13.5. The summed E-state index contributed by atoms with van der Waals surface area (Å²) in [5.74, 6) is -0.452. The number of carbonyl (C=O) groups excluding carboxylic acids is 1. The summed E-state index contributed by atoms with van der Waals surface area (Å²) in [6.45, 7) is 6.50. The molecule has 0 aromatic heterocycles. The second kappa shape index (κ2) is 7.21. The first-order valence-corrected chi connectivity index (χ1v) is 8.10. The van der Waals surface area contributed by atoms with E-state index in [1.54, 1.807) is 0 Å². The molecule has 1 aliphatic rings. The van der Waals surface area contributed by atoms with Gasteiger partial charge in [0.2, 0.25) is 5.91 Å². The highest BCUT2D eigenvalue weighted by molar-refractivity contribution is 5.79. The molecule has 4 heteroatoms. The Hall–Kier alpha value is -1.45. The van der Waals surface area contributed by atoms with Gasteiger partial charge >= 0.3 is 0 Å². The Morgan fingerprint density at radius 2 is 2.05 bits per heavy atom. The molecule has 22 heavy (non-hydrogen) atoms. The topological polar surface area (TPSA) is 29.1 Å². The molecule has 1 aromatic rings. The van der Waals surface area contributed by atoms with Crippen LogP contribution in [0.5, 0.6) is 0 Å². The van der Waals surface area contributed by atoms with Gasteiger partial charge in [0.15, 0.2) is 11.6 Å². The van der Waals surface area contributed by atoms with Crippen molar-refractivity contribution in [3.05, 3.63) is 35.4 Å². The van der Waals surface area contributed by atoms with Crippen molar-refractivity contribution < 1.29 is 13.6 Å². The summed E-state index contributed by atoms with van der Waals surface area (Å²) >= 11 is 0. The highest BCUT2D eigenvalue weighted by atomic mass is 19.2. The van der Waals surface area contributed by atoms with Crippen LogP contribution in [0.1, 0.15) is 45.6 Å². The molecular weight excluding hydrogens is 284 g/mol. The van der Waals surface area contributed by atoms with E-state index in [1.165, 1.54) is 12.1 Å². The van der Waals surface area contributed by atoms with Crippen molar-refractivity contribution in [3.8, 4) is 0 Å². The van der Waals surface area contributed by atoms with Crippen molar-refractivity contribution in [3.63, 3.8) is 0 Å². The maximum atomic E-state index is 13.6. The molecule has 2 nitrogen and oxygen atoms in total. The van der Waals surface area contributed by atoms with Gasteiger partial charge in [0.1, 0.15) is 0 Å². The number of hydrogen-bond acceptors (Lipinski definition) is 1. The monoisotopic (exact) mass is 309 g/mol. The minimum Gasteiger partial charge on any atom is -0.352 e. The average Bonchev–Trinajstić information content (AvgIpc) is 2.48. The highest BCUT2D eigenvalue weighted by Gasteiger charge is 2.35. The molecule has 0 unspecified atom stereocenters. The summed E-state index contributed by atoms with van der Waals surface area (Å²) in [4.78, 5) is 12.5. The predicted octanol–water partition coefficient (Wildman–Crippen LogP) is 4.29. The maximum absolute atomic E-state index is 13.6. The average molecular weight is 309 g/mol. The fourth-order valence-corrected chi connectivity index (χ4v) is 3.50. The van der Waals surface area contributed by atoms with Crippen LogP contribution < -0.4 is 5.32 Å². The Kier molecular flexibility index (Phi) is 5.54. The molecule has 1 aliphatic carbocycles. The molecule has 1 saturated carbocycles. The lowest BCUT2D eigenvalue weighted by Gasteiger charge is -2.36. The van der Waals surface area contributed by atoms with Gasteiger partial charge in [-0.3, -0.25) is 4.79 Å². The SMILES string of the molecule is CC(C)[C@@H]1CC[C@@H](C)C[C@H]1C(=O)NCc1cccc(F)c1F. The molecule has 122 valence electrons. The maximum Gasteiger partial charge on any atom is 0.223 e. The number of benzene rings is 1. The van der Waals surface area contributed by atoms with E-state index in [2.05, 4.69) is 26.1 Å². The third-order valence-electron chi connectivity index (χ3n) is 4.84. The molecule has 0 bridgehead atoms. The second-order valence-electron chi connectivity index (χ2n) is 6.86. The lowest BCUT2D eigenvalue weighted by Crippen LogP contribution is -2.40. The molecular formula is C18H25F2NO. The van der Waals surface area contributed by atoms with Crippen LogP contribution in [-0.2, 0) is 11.3 Å². The van der Waals surface area contributed by atoms with Gasteiger partial charge in [0.05, 0.1) is 0 Å². The predicted molar refractivity (Wildman–Crippen MR) is 83.0 cm³/mol. The molecule has 2 rings (SSSR count). The Morgan fingerprint density at radius 1 is 1.32 bits per heavy atom. The lowest BCUT2D eigenvalue weighted by molar-refractivity contribution is -0.129. The number of halogens is 2. The zero-order chi connectivity index (χ0) is 16.3. The van der Waals surface area contributed by atoms with E-state index in [-0.39, 0.29) is 23.9 Å². The van der Waals surface area contributed by atoms with Gasteiger partial charge in [0.25, 0.3) is 0 Å². The van der Waals surface area contributed by atoms with E-state index in [4.69, 9.17) is 0 Å². The summed E-state index contributed by atoms with van der Waals surface area (Å²) in [6, 6.07) is 4.04. The standard InChI is InChI=1S/C18H25F2NO/c1-11(2)14-8-7-12(3)9-15(14)18(22)21-10-13-5-4-6-16(19)17(13)20/h4-6,11-12,14-15H,7-10H2,1-3H3,(H,21,22)/t12-,14+,15-/m1/s1. The molecule has 0 radical (unpaired) electrons. The number of amides is 1. The van der Waals surface area contributed by atoms with Crippen molar-refractivity contribution in [2.45, 2.75) is 46.6 Å². The van der Waals surface area contributed by atoms with E-state index in [9.17, 15) is 13.6 Å². The third kappa shape index (κ3) is 3.84. The summed E-state index contributed by atoms with van der Waals surface area (Å²) in [6.07, 6.45) is 3.09. The van der Waals surface area contributed by atoms with E-state index in [0.29, 0.717) is 17.8 Å². The largest absolute Gasteiger partial charge is 0.352 e. The molecule has 0 spiro atoms. The van der Waals surface area contributed by atoms with Gasteiger partial charge in [-0.15, -0.1) is 0 Å². The van der Waals surface area contributed by atoms with Gasteiger partial charge in [0, 0.05) is 18.0 Å². The van der Waals surface area contributed by atoms with E-state index in [1.807, 2.05) is 0 Å². The van der Waals surface area contributed by atoms with E-state index in [0.717, 1.165) is 25.3 Å². The molecule has 0 saturated heterocycles. The number of nitrogens with one attached hydrogen (secondary N) is 1. The minimum absolute atomic E-state index is 0.0274. The molecule has 1 fully saturated rings. The van der Waals surface area contributed by atoms with Crippen LogP contribution in [0, 0.1) is 35.3 Å². The quantitative estimate of drug-likeness (QED) is 0.883. The van der Waals surface area contributed by atoms with Crippen LogP contribution in [0.25, 0.3) is 0 Å². The molecule has 1 aromatic carbocycles. The molecule has 0 aliphatic heterocycles. The Labute approximate surface area is 131 Å². The van der Waals surface area contributed by atoms with Crippen LogP contribution in [0.15, 0.2) is 18.2 Å². The van der Waals surface area contributed by atoms with Crippen molar-refractivity contribution >= 4 is 5.91 Å². The smallest absolute Gasteiger partial charge is 0.223 e. The fourth-order valence-electron chi connectivity index (χ4n) is 3.50. The van der Waals surface area contributed by atoms with E-state index < -0.39 is 11.6 Å². The fraction of sp³-hybridized carbons (Fsp3) is 0.611. The summed E-state index contributed by atoms with van der Waals surface area (Å²) in [7, 11) is 0. The van der Waals surface area contributed by atoms with Gasteiger partial charge < -0.3 is 5.32 Å². The third-order valence-corrected chi connectivity index (χ3v) is 4.84. The Bertz CT molecular complexity index is 530. The van der Waals surface area contributed by atoms with Crippen molar-refractivity contribution in [2.75, 3.05) is 0 Å². The zero-order valence-electron chi connectivity index (χ0n) is 13.5.